The van der Waals surface area contributed by atoms with Crippen LogP contribution in [0.15, 0.2) is 18.2 Å². The summed E-state index contributed by atoms with van der Waals surface area (Å²) >= 11 is 0. The number of nitrogens with one attached hydrogen (secondary N) is 1. The smallest absolute Gasteiger partial charge is 0.322 e. The standard InChI is InChI=1S/C15H20F2N2O3/c1-4-10(2)19(8-7-14(20)22-3)15(21)18-13-6-5-11(16)9-12(13)17/h5-6,9-10H,4,7-8H2,1-3H3,(H,18,21). The lowest BCUT2D eigenvalue weighted by Gasteiger charge is -2.28. The Morgan fingerprint density at radius 1 is 1.36 bits per heavy atom. The van der Waals surface area contributed by atoms with Gasteiger partial charge in [0, 0.05) is 18.7 Å². The highest BCUT2D eigenvalue weighted by atomic mass is 19.1. The molecule has 0 aliphatic rings. The van der Waals surface area contributed by atoms with Gasteiger partial charge in [-0.1, -0.05) is 6.92 Å². The van der Waals surface area contributed by atoms with Gasteiger partial charge < -0.3 is 15.0 Å². The second-order valence-corrected chi connectivity index (χ2v) is 4.83. The fourth-order valence-corrected chi connectivity index (χ4v) is 1.83. The van der Waals surface area contributed by atoms with Gasteiger partial charge in [0.25, 0.3) is 0 Å². The third-order valence-electron chi connectivity index (χ3n) is 3.34. The third kappa shape index (κ3) is 4.98. The number of methoxy groups -OCH3 is 1. The molecule has 0 saturated heterocycles. The Morgan fingerprint density at radius 3 is 2.59 bits per heavy atom. The van der Waals surface area contributed by atoms with Crippen LogP contribution in [-0.2, 0) is 9.53 Å². The number of carbonyl (C=O) groups excluding carboxylic acids is 2. The average molecular weight is 314 g/mol. The first kappa shape index (κ1) is 17.9. The van der Waals surface area contributed by atoms with E-state index in [-0.39, 0.29) is 24.7 Å². The maximum absolute atomic E-state index is 13.6. The summed E-state index contributed by atoms with van der Waals surface area (Å²) in [4.78, 5) is 24.9. The summed E-state index contributed by atoms with van der Waals surface area (Å²) in [6, 6.07) is 2.20. The van der Waals surface area contributed by atoms with Crippen molar-refractivity contribution in [2.24, 2.45) is 0 Å². The maximum Gasteiger partial charge on any atom is 0.322 e. The van der Waals surface area contributed by atoms with E-state index in [4.69, 9.17) is 0 Å². The number of esters is 1. The number of anilines is 1. The number of nitrogens with zero attached hydrogens (tertiary/aromatic N) is 1. The van der Waals surface area contributed by atoms with Crippen molar-refractivity contribution in [2.75, 3.05) is 19.0 Å². The van der Waals surface area contributed by atoms with Crippen LogP contribution >= 0.6 is 0 Å². The second kappa shape index (κ2) is 8.31. The number of ether oxygens (including phenoxy) is 1. The lowest BCUT2D eigenvalue weighted by molar-refractivity contribution is -0.140. The van der Waals surface area contributed by atoms with Crippen LogP contribution < -0.4 is 5.32 Å². The van der Waals surface area contributed by atoms with Crippen LogP contribution in [0, 0.1) is 11.6 Å². The van der Waals surface area contributed by atoms with Crippen molar-refractivity contribution < 1.29 is 23.1 Å². The highest BCUT2D eigenvalue weighted by Crippen LogP contribution is 2.16. The van der Waals surface area contributed by atoms with Gasteiger partial charge in [-0.15, -0.1) is 0 Å². The molecule has 0 aliphatic carbocycles. The first-order valence-corrected chi connectivity index (χ1v) is 6.98. The molecule has 2 amide bonds. The van der Waals surface area contributed by atoms with Crippen LogP contribution in [0.25, 0.3) is 0 Å². The Kier molecular flexibility index (Phi) is 6.75. The molecule has 1 N–H and O–H groups in total. The number of urea groups is 1. The Balaban J connectivity index is 2.80. The average Bonchev–Trinajstić information content (AvgIpc) is 2.49. The molecular weight excluding hydrogens is 294 g/mol. The monoisotopic (exact) mass is 314 g/mol. The molecule has 5 nitrogen and oxygen atoms in total. The quantitative estimate of drug-likeness (QED) is 0.821. The minimum atomic E-state index is -0.856. The minimum absolute atomic E-state index is 0.0418. The Morgan fingerprint density at radius 2 is 2.05 bits per heavy atom. The molecule has 0 radical (unpaired) electrons. The lowest BCUT2D eigenvalue weighted by Crippen LogP contribution is -2.42. The number of rotatable bonds is 6. The normalized spacial score (nSPS) is 11.7. The summed E-state index contributed by atoms with van der Waals surface area (Å²) in [5.41, 5.74) is -0.113. The van der Waals surface area contributed by atoms with Crippen molar-refractivity contribution >= 4 is 17.7 Å². The van der Waals surface area contributed by atoms with Crippen LogP contribution in [0.4, 0.5) is 19.3 Å². The maximum atomic E-state index is 13.6. The minimum Gasteiger partial charge on any atom is -0.469 e. The van der Waals surface area contributed by atoms with Crippen LogP contribution in [0.3, 0.4) is 0 Å². The molecule has 0 fully saturated rings. The van der Waals surface area contributed by atoms with Gasteiger partial charge in [0.2, 0.25) is 0 Å². The molecule has 0 bridgehead atoms. The van der Waals surface area contributed by atoms with Crippen molar-refractivity contribution in [2.45, 2.75) is 32.7 Å². The van der Waals surface area contributed by atoms with E-state index in [1.807, 2.05) is 13.8 Å². The van der Waals surface area contributed by atoms with Gasteiger partial charge in [-0.3, -0.25) is 4.79 Å². The summed E-state index contributed by atoms with van der Waals surface area (Å²) in [6.45, 7) is 3.86. The Labute approximate surface area is 128 Å². The Bertz CT molecular complexity index is 538. The predicted octanol–water partition coefficient (Wildman–Crippen LogP) is 3.16. The van der Waals surface area contributed by atoms with Gasteiger partial charge in [-0.05, 0) is 25.5 Å². The first-order chi connectivity index (χ1) is 10.4. The number of hydrogen-bond acceptors (Lipinski definition) is 3. The van der Waals surface area contributed by atoms with Gasteiger partial charge in [0.1, 0.15) is 11.6 Å². The van der Waals surface area contributed by atoms with Gasteiger partial charge in [-0.2, -0.15) is 0 Å². The van der Waals surface area contributed by atoms with Crippen molar-refractivity contribution in [1.29, 1.82) is 0 Å². The molecule has 1 unspecified atom stereocenters. The largest absolute Gasteiger partial charge is 0.469 e. The third-order valence-corrected chi connectivity index (χ3v) is 3.34. The van der Waals surface area contributed by atoms with E-state index in [1.165, 1.54) is 12.0 Å². The molecule has 1 rings (SSSR count). The van der Waals surface area contributed by atoms with Gasteiger partial charge in [0.15, 0.2) is 0 Å². The molecule has 0 saturated carbocycles. The summed E-state index contributed by atoms with van der Waals surface area (Å²) in [7, 11) is 1.27. The number of benzene rings is 1. The second-order valence-electron chi connectivity index (χ2n) is 4.83. The van der Waals surface area contributed by atoms with Gasteiger partial charge in [-0.25, -0.2) is 13.6 Å². The van der Waals surface area contributed by atoms with E-state index in [0.29, 0.717) is 12.5 Å². The number of carbonyl (C=O) groups is 2. The van der Waals surface area contributed by atoms with Crippen LogP contribution in [0.5, 0.6) is 0 Å². The van der Waals surface area contributed by atoms with E-state index in [1.54, 1.807) is 0 Å². The van der Waals surface area contributed by atoms with Crippen LogP contribution in [-0.4, -0.2) is 36.6 Å². The van der Waals surface area contributed by atoms with E-state index in [9.17, 15) is 18.4 Å². The number of hydrogen-bond donors (Lipinski definition) is 1. The molecule has 1 atom stereocenters. The van der Waals surface area contributed by atoms with Crippen molar-refractivity contribution in [3.8, 4) is 0 Å². The zero-order valence-electron chi connectivity index (χ0n) is 12.9. The molecule has 7 heteroatoms. The summed E-state index contributed by atoms with van der Waals surface area (Å²) in [5.74, 6) is -2.01. The van der Waals surface area contributed by atoms with Gasteiger partial charge in [0.05, 0.1) is 19.2 Å². The zero-order chi connectivity index (χ0) is 16.7. The highest BCUT2D eigenvalue weighted by molar-refractivity contribution is 5.89. The summed E-state index contributed by atoms with van der Waals surface area (Å²) in [6.07, 6.45) is 0.709. The molecule has 1 aromatic rings. The molecule has 1 aromatic carbocycles. The van der Waals surface area contributed by atoms with Crippen molar-refractivity contribution in [3.63, 3.8) is 0 Å². The van der Waals surface area contributed by atoms with E-state index >= 15 is 0 Å². The molecule has 0 aromatic heterocycles. The fourth-order valence-electron chi connectivity index (χ4n) is 1.83. The van der Waals surface area contributed by atoms with Crippen molar-refractivity contribution in [3.05, 3.63) is 29.8 Å². The van der Waals surface area contributed by atoms with Crippen LogP contribution in [0.1, 0.15) is 26.7 Å². The van der Waals surface area contributed by atoms with Crippen molar-refractivity contribution in [1.82, 2.24) is 4.90 Å². The predicted molar refractivity (Wildman–Crippen MR) is 78.5 cm³/mol. The molecular formula is C15H20F2N2O3. The molecule has 0 heterocycles. The molecule has 0 aliphatic heterocycles. The topological polar surface area (TPSA) is 58.6 Å². The Hall–Kier alpha value is -2.18. The lowest BCUT2D eigenvalue weighted by atomic mass is 10.2. The number of halogens is 2. The summed E-state index contributed by atoms with van der Waals surface area (Å²) in [5, 5.41) is 2.39. The van der Waals surface area contributed by atoms with Gasteiger partial charge >= 0.3 is 12.0 Å². The fraction of sp³-hybridized carbons (Fsp3) is 0.467. The molecule has 0 spiro atoms. The SMILES string of the molecule is CCC(C)N(CCC(=O)OC)C(=O)Nc1ccc(F)cc1F. The highest BCUT2D eigenvalue weighted by Gasteiger charge is 2.21. The first-order valence-electron chi connectivity index (χ1n) is 6.98. The van der Waals surface area contributed by atoms with Crippen LogP contribution in [0.2, 0.25) is 0 Å². The van der Waals surface area contributed by atoms with E-state index in [0.717, 1.165) is 12.1 Å². The zero-order valence-corrected chi connectivity index (χ0v) is 12.9. The number of amides is 2. The van der Waals surface area contributed by atoms with E-state index in [2.05, 4.69) is 10.1 Å². The van der Waals surface area contributed by atoms with E-state index < -0.39 is 23.6 Å². The summed E-state index contributed by atoms with van der Waals surface area (Å²) < 4.78 is 31.0. The molecule has 122 valence electrons. The molecule has 22 heavy (non-hydrogen) atoms.